The summed E-state index contributed by atoms with van der Waals surface area (Å²) in [5.41, 5.74) is 1.21. The molecule has 0 spiro atoms. The Morgan fingerprint density at radius 3 is 2.57 bits per heavy atom. The smallest absolute Gasteiger partial charge is 0.240 e. The standard InChI is InChI=1S/C19H22Cl2N2O4S/c1-27-18-8-4-3-6-14(18)7-5-11-22-19(24)13-23(28(2,25)26)17-12-15(20)9-10-16(17)21/h3-4,6,8-10,12H,5,7,11,13H2,1-2H3,(H,22,24). The molecule has 0 aliphatic rings. The van der Waals surface area contributed by atoms with E-state index in [0.29, 0.717) is 18.0 Å². The fraction of sp³-hybridized carbons (Fsp3) is 0.316. The van der Waals surface area contributed by atoms with Crippen molar-refractivity contribution in [3.63, 3.8) is 0 Å². The lowest BCUT2D eigenvalue weighted by atomic mass is 10.1. The first kappa shape index (κ1) is 22.3. The van der Waals surface area contributed by atoms with Gasteiger partial charge in [-0.3, -0.25) is 9.10 Å². The zero-order valence-corrected chi connectivity index (χ0v) is 17.9. The maximum absolute atomic E-state index is 12.3. The average Bonchev–Trinajstić information content (AvgIpc) is 2.65. The first-order valence-electron chi connectivity index (χ1n) is 8.53. The predicted octanol–water partition coefficient (Wildman–Crippen LogP) is 3.52. The zero-order chi connectivity index (χ0) is 20.7. The summed E-state index contributed by atoms with van der Waals surface area (Å²) in [5, 5.41) is 3.25. The largest absolute Gasteiger partial charge is 0.496 e. The van der Waals surface area contributed by atoms with Gasteiger partial charge in [0, 0.05) is 11.6 Å². The van der Waals surface area contributed by atoms with Crippen LogP contribution in [0.15, 0.2) is 42.5 Å². The molecule has 1 amide bonds. The number of nitrogens with one attached hydrogen (secondary N) is 1. The van der Waals surface area contributed by atoms with E-state index in [2.05, 4.69) is 5.32 Å². The number of carbonyl (C=O) groups is 1. The van der Waals surface area contributed by atoms with Gasteiger partial charge in [-0.05, 0) is 42.7 Å². The summed E-state index contributed by atoms with van der Waals surface area (Å²) in [6, 6.07) is 12.1. The van der Waals surface area contributed by atoms with Gasteiger partial charge >= 0.3 is 0 Å². The lowest BCUT2D eigenvalue weighted by molar-refractivity contribution is -0.119. The number of anilines is 1. The van der Waals surface area contributed by atoms with Crippen LogP contribution in [0.2, 0.25) is 10.0 Å². The number of halogens is 2. The van der Waals surface area contributed by atoms with Gasteiger partial charge in [-0.2, -0.15) is 0 Å². The Labute approximate surface area is 175 Å². The summed E-state index contributed by atoms with van der Waals surface area (Å²) in [6.45, 7) is 0.0192. The summed E-state index contributed by atoms with van der Waals surface area (Å²) >= 11 is 12.0. The second kappa shape index (κ2) is 10.0. The maximum Gasteiger partial charge on any atom is 0.240 e. The molecule has 9 heteroatoms. The highest BCUT2D eigenvalue weighted by atomic mass is 35.5. The number of para-hydroxylation sites is 1. The fourth-order valence-corrected chi connectivity index (χ4v) is 3.96. The molecule has 2 aromatic rings. The normalized spacial score (nSPS) is 11.1. The predicted molar refractivity (Wildman–Crippen MR) is 113 cm³/mol. The van der Waals surface area contributed by atoms with Gasteiger partial charge in [0.05, 0.1) is 24.1 Å². The summed E-state index contributed by atoms with van der Waals surface area (Å²) < 4.78 is 30.5. The number of rotatable bonds is 9. The molecule has 0 fully saturated rings. The third-order valence-electron chi connectivity index (χ3n) is 4.00. The number of carbonyl (C=O) groups excluding carboxylic acids is 1. The molecule has 0 radical (unpaired) electrons. The molecule has 0 atom stereocenters. The minimum absolute atomic E-state index is 0.167. The minimum Gasteiger partial charge on any atom is -0.496 e. The Hall–Kier alpha value is -1.96. The molecule has 0 unspecified atom stereocenters. The molecule has 28 heavy (non-hydrogen) atoms. The number of amides is 1. The summed E-state index contributed by atoms with van der Waals surface area (Å²) in [4.78, 5) is 12.3. The van der Waals surface area contributed by atoms with Gasteiger partial charge in [-0.1, -0.05) is 41.4 Å². The Kier molecular flexibility index (Phi) is 7.98. The number of benzene rings is 2. The van der Waals surface area contributed by atoms with E-state index >= 15 is 0 Å². The number of hydrogen-bond acceptors (Lipinski definition) is 4. The fourth-order valence-electron chi connectivity index (χ4n) is 2.66. The number of nitrogens with zero attached hydrogens (tertiary/aromatic N) is 1. The second-order valence-electron chi connectivity index (χ2n) is 6.13. The molecule has 152 valence electrons. The summed E-state index contributed by atoms with van der Waals surface area (Å²) in [6.07, 6.45) is 2.42. The lowest BCUT2D eigenvalue weighted by Gasteiger charge is -2.23. The van der Waals surface area contributed by atoms with Gasteiger partial charge < -0.3 is 10.1 Å². The van der Waals surface area contributed by atoms with E-state index in [-0.39, 0.29) is 17.3 Å². The zero-order valence-electron chi connectivity index (χ0n) is 15.6. The first-order chi connectivity index (χ1) is 13.2. The van der Waals surface area contributed by atoms with E-state index in [1.807, 2.05) is 24.3 Å². The van der Waals surface area contributed by atoms with E-state index in [1.54, 1.807) is 13.2 Å². The molecular formula is C19H22Cl2N2O4S. The molecule has 0 aromatic heterocycles. The van der Waals surface area contributed by atoms with Gasteiger partial charge in [-0.25, -0.2) is 8.42 Å². The van der Waals surface area contributed by atoms with Gasteiger partial charge in [0.2, 0.25) is 15.9 Å². The molecule has 0 heterocycles. The van der Waals surface area contributed by atoms with Crippen LogP contribution >= 0.6 is 23.2 Å². The number of hydrogen-bond donors (Lipinski definition) is 1. The van der Waals surface area contributed by atoms with Crippen LogP contribution in [0.1, 0.15) is 12.0 Å². The van der Waals surface area contributed by atoms with Crippen LogP contribution in [0, 0.1) is 0 Å². The van der Waals surface area contributed by atoms with Gasteiger partial charge in [0.25, 0.3) is 0 Å². The summed E-state index contributed by atoms with van der Waals surface area (Å²) in [5.74, 6) is 0.370. The van der Waals surface area contributed by atoms with Crippen LogP contribution in [0.4, 0.5) is 5.69 Å². The highest BCUT2D eigenvalue weighted by Crippen LogP contribution is 2.30. The monoisotopic (exact) mass is 444 g/mol. The van der Waals surface area contributed by atoms with E-state index < -0.39 is 15.9 Å². The first-order valence-corrected chi connectivity index (χ1v) is 11.1. The van der Waals surface area contributed by atoms with Crippen molar-refractivity contribution in [2.75, 3.05) is 30.8 Å². The number of sulfonamides is 1. The number of aryl methyl sites for hydroxylation is 1. The molecule has 0 bridgehead atoms. The Morgan fingerprint density at radius 2 is 1.89 bits per heavy atom. The van der Waals surface area contributed by atoms with Crippen molar-refractivity contribution in [3.8, 4) is 5.75 Å². The van der Waals surface area contributed by atoms with Crippen molar-refractivity contribution >= 4 is 44.8 Å². The molecule has 2 aromatic carbocycles. The van der Waals surface area contributed by atoms with Gasteiger partial charge in [-0.15, -0.1) is 0 Å². The third kappa shape index (κ3) is 6.29. The molecule has 2 rings (SSSR count). The SMILES string of the molecule is COc1ccccc1CCCNC(=O)CN(c1cc(Cl)ccc1Cl)S(C)(=O)=O. The second-order valence-corrected chi connectivity index (χ2v) is 8.88. The van der Waals surface area contributed by atoms with Crippen LogP contribution in [0.25, 0.3) is 0 Å². The maximum atomic E-state index is 12.3. The molecule has 1 N–H and O–H groups in total. The highest BCUT2D eigenvalue weighted by molar-refractivity contribution is 7.92. The Balaban J connectivity index is 1.96. The van der Waals surface area contributed by atoms with Crippen molar-refractivity contribution < 1.29 is 17.9 Å². The van der Waals surface area contributed by atoms with Crippen molar-refractivity contribution in [2.24, 2.45) is 0 Å². The summed E-state index contributed by atoms with van der Waals surface area (Å²) in [7, 11) is -2.11. The van der Waals surface area contributed by atoms with E-state index in [9.17, 15) is 13.2 Å². The Morgan fingerprint density at radius 1 is 1.18 bits per heavy atom. The molecule has 0 saturated carbocycles. The molecular weight excluding hydrogens is 423 g/mol. The Bertz CT molecular complexity index is 935. The number of methoxy groups -OCH3 is 1. The van der Waals surface area contributed by atoms with Crippen LogP contribution < -0.4 is 14.4 Å². The minimum atomic E-state index is -3.72. The van der Waals surface area contributed by atoms with E-state index in [1.165, 1.54) is 12.1 Å². The van der Waals surface area contributed by atoms with Crippen molar-refractivity contribution in [1.29, 1.82) is 0 Å². The third-order valence-corrected chi connectivity index (χ3v) is 5.68. The molecule has 0 aliphatic carbocycles. The average molecular weight is 445 g/mol. The molecule has 6 nitrogen and oxygen atoms in total. The van der Waals surface area contributed by atoms with E-state index in [4.69, 9.17) is 27.9 Å². The van der Waals surface area contributed by atoms with Crippen LogP contribution in [-0.2, 0) is 21.2 Å². The van der Waals surface area contributed by atoms with Crippen LogP contribution in [0.3, 0.4) is 0 Å². The van der Waals surface area contributed by atoms with Crippen molar-refractivity contribution in [3.05, 3.63) is 58.1 Å². The topological polar surface area (TPSA) is 75.7 Å². The van der Waals surface area contributed by atoms with Gasteiger partial charge in [0.1, 0.15) is 12.3 Å². The van der Waals surface area contributed by atoms with Gasteiger partial charge in [0.15, 0.2) is 0 Å². The van der Waals surface area contributed by atoms with Crippen LogP contribution in [-0.4, -0.2) is 40.8 Å². The van der Waals surface area contributed by atoms with Crippen molar-refractivity contribution in [1.82, 2.24) is 5.32 Å². The molecule has 0 saturated heterocycles. The van der Waals surface area contributed by atoms with E-state index in [0.717, 1.165) is 28.3 Å². The van der Waals surface area contributed by atoms with Crippen LogP contribution in [0.5, 0.6) is 5.75 Å². The number of ether oxygens (including phenoxy) is 1. The quantitative estimate of drug-likeness (QED) is 0.600. The van der Waals surface area contributed by atoms with Crippen molar-refractivity contribution in [2.45, 2.75) is 12.8 Å². The highest BCUT2D eigenvalue weighted by Gasteiger charge is 2.23. The molecule has 0 aliphatic heterocycles. The lowest BCUT2D eigenvalue weighted by Crippen LogP contribution is -2.40.